The van der Waals surface area contributed by atoms with Crippen LogP contribution in [0.25, 0.3) is 0 Å². The highest BCUT2D eigenvalue weighted by Gasteiger charge is 2.43. The second kappa shape index (κ2) is 4.42. The summed E-state index contributed by atoms with van der Waals surface area (Å²) in [6, 6.07) is 2.13. The number of amides is 1. The van der Waals surface area contributed by atoms with E-state index in [0.29, 0.717) is 12.5 Å². The van der Waals surface area contributed by atoms with Crippen LogP contribution in [0.1, 0.15) is 35.1 Å². The molecule has 1 heterocycles. The predicted octanol–water partition coefficient (Wildman–Crippen LogP) is 2.11. The molecule has 1 aliphatic carbocycles. The van der Waals surface area contributed by atoms with E-state index in [1.807, 2.05) is 6.92 Å². The first-order chi connectivity index (χ1) is 7.91. The maximum atomic E-state index is 12.0. The molecule has 2 rings (SSSR count). The Morgan fingerprint density at radius 2 is 2.24 bits per heavy atom. The standard InChI is InChI=1S/C13H20N2OS/c1-8-6-11(17-9(8)2)7-15-12(16)13(3,14)10-4-5-10/h6,10H,4-5,7,14H2,1-3H3,(H,15,16). The molecule has 1 fully saturated rings. The number of hydrogen-bond acceptors (Lipinski definition) is 3. The molecule has 3 nitrogen and oxygen atoms in total. The Morgan fingerprint density at radius 3 is 2.71 bits per heavy atom. The van der Waals surface area contributed by atoms with E-state index >= 15 is 0 Å². The van der Waals surface area contributed by atoms with Crippen LogP contribution >= 0.6 is 11.3 Å². The molecule has 4 heteroatoms. The van der Waals surface area contributed by atoms with Crippen LogP contribution in [0, 0.1) is 19.8 Å². The fourth-order valence-corrected chi connectivity index (χ4v) is 2.96. The summed E-state index contributed by atoms with van der Waals surface area (Å²) < 4.78 is 0. The van der Waals surface area contributed by atoms with Gasteiger partial charge in [0.2, 0.25) is 5.91 Å². The van der Waals surface area contributed by atoms with Crippen molar-refractivity contribution in [3.63, 3.8) is 0 Å². The van der Waals surface area contributed by atoms with Gasteiger partial charge in [-0.2, -0.15) is 0 Å². The molecule has 1 aromatic rings. The Kier molecular flexibility index (Phi) is 3.27. The van der Waals surface area contributed by atoms with Crippen molar-refractivity contribution in [2.45, 2.75) is 45.7 Å². The Bertz CT molecular complexity index is 413. The smallest absolute Gasteiger partial charge is 0.240 e. The molecule has 1 aliphatic rings. The number of aryl methyl sites for hydroxylation is 2. The normalized spacial score (nSPS) is 18.8. The molecule has 1 saturated carbocycles. The lowest BCUT2D eigenvalue weighted by Crippen LogP contribution is -2.53. The molecule has 1 atom stereocenters. The van der Waals surface area contributed by atoms with Gasteiger partial charge in [-0.05, 0) is 51.2 Å². The van der Waals surface area contributed by atoms with Crippen LogP contribution in [0.15, 0.2) is 6.07 Å². The molecule has 0 spiro atoms. The van der Waals surface area contributed by atoms with Crippen LogP contribution in [0.4, 0.5) is 0 Å². The van der Waals surface area contributed by atoms with E-state index in [1.165, 1.54) is 15.3 Å². The van der Waals surface area contributed by atoms with Gasteiger partial charge in [0.1, 0.15) is 0 Å². The fraction of sp³-hybridized carbons (Fsp3) is 0.615. The number of hydrogen-bond donors (Lipinski definition) is 2. The molecular formula is C13H20N2OS. The van der Waals surface area contributed by atoms with Crippen molar-refractivity contribution >= 4 is 17.2 Å². The van der Waals surface area contributed by atoms with Crippen LogP contribution < -0.4 is 11.1 Å². The van der Waals surface area contributed by atoms with Crippen molar-refractivity contribution in [3.05, 3.63) is 21.4 Å². The third-order valence-electron chi connectivity index (χ3n) is 3.55. The Labute approximate surface area is 106 Å². The van der Waals surface area contributed by atoms with Gasteiger partial charge in [0.05, 0.1) is 12.1 Å². The van der Waals surface area contributed by atoms with Crippen molar-refractivity contribution < 1.29 is 4.79 Å². The number of carbonyl (C=O) groups excluding carboxylic acids is 1. The van der Waals surface area contributed by atoms with Crippen LogP contribution in [0.2, 0.25) is 0 Å². The van der Waals surface area contributed by atoms with Crippen LogP contribution in [0.5, 0.6) is 0 Å². The van der Waals surface area contributed by atoms with E-state index in [-0.39, 0.29) is 5.91 Å². The molecule has 1 unspecified atom stereocenters. The van der Waals surface area contributed by atoms with Gasteiger partial charge >= 0.3 is 0 Å². The molecule has 1 aromatic heterocycles. The van der Waals surface area contributed by atoms with Crippen LogP contribution in [-0.4, -0.2) is 11.4 Å². The zero-order valence-corrected chi connectivity index (χ0v) is 11.5. The number of nitrogens with one attached hydrogen (secondary N) is 1. The number of thiophene rings is 1. The number of carbonyl (C=O) groups is 1. The minimum absolute atomic E-state index is 0.0243. The summed E-state index contributed by atoms with van der Waals surface area (Å²) in [4.78, 5) is 14.5. The van der Waals surface area contributed by atoms with Crippen molar-refractivity contribution in [3.8, 4) is 0 Å². The SMILES string of the molecule is Cc1cc(CNC(=O)C(C)(N)C2CC2)sc1C. The molecule has 0 aliphatic heterocycles. The minimum Gasteiger partial charge on any atom is -0.350 e. The first-order valence-corrected chi connectivity index (χ1v) is 6.86. The molecular weight excluding hydrogens is 232 g/mol. The Morgan fingerprint density at radius 1 is 1.59 bits per heavy atom. The van der Waals surface area contributed by atoms with Crippen molar-refractivity contribution in [2.75, 3.05) is 0 Å². The molecule has 94 valence electrons. The van der Waals surface area contributed by atoms with E-state index in [9.17, 15) is 4.79 Å². The van der Waals surface area contributed by atoms with E-state index in [2.05, 4.69) is 25.2 Å². The summed E-state index contributed by atoms with van der Waals surface area (Å²) in [6.45, 7) is 6.62. The van der Waals surface area contributed by atoms with E-state index < -0.39 is 5.54 Å². The first-order valence-electron chi connectivity index (χ1n) is 6.04. The maximum absolute atomic E-state index is 12.0. The third kappa shape index (κ3) is 2.69. The maximum Gasteiger partial charge on any atom is 0.240 e. The molecule has 17 heavy (non-hydrogen) atoms. The zero-order chi connectivity index (χ0) is 12.6. The van der Waals surface area contributed by atoms with Crippen LogP contribution in [-0.2, 0) is 11.3 Å². The van der Waals surface area contributed by atoms with Crippen LogP contribution in [0.3, 0.4) is 0 Å². The highest BCUT2D eigenvalue weighted by atomic mass is 32.1. The first kappa shape index (κ1) is 12.6. The molecule has 3 N–H and O–H groups in total. The predicted molar refractivity (Wildman–Crippen MR) is 71.0 cm³/mol. The zero-order valence-electron chi connectivity index (χ0n) is 10.7. The average Bonchev–Trinajstić information content (AvgIpc) is 3.04. The summed E-state index contributed by atoms with van der Waals surface area (Å²) in [5.74, 6) is 0.345. The van der Waals surface area contributed by atoms with Gasteiger partial charge in [-0.25, -0.2) is 0 Å². The lowest BCUT2D eigenvalue weighted by atomic mass is 9.96. The van der Waals surface area contributed by atoms with E-state index in [0.717, 1.165) is 12.8 Å². The van der Waals surface area contributed by atoms with E-state index in [4.69, 9.17) is 5.73 Å². The summed E-state index contributed by atoms with van der Waals surface area (Å²) in [6.07, 6.45) is 2.16. The van der Waals surface area contributed by atoms with Gasteiger partial charge in [0, 0.05) is 9.75 Å². The topological polar surface area (TPSA) is 55.1 Å². The van der Waals surface area contributed by atoms with Crippen molar-refractivity contribution in [2.24, 2.45) is 11.7 Å². The molecule has 0 bridgehead atoms. The number of rotatable bonds is 4. The Balaban J connectivity index is 1.91. The largest absolute Gasteiger partial charge is 0.350 e. The van der Waals surface area contributed by atoms with Crippen molar-refractivity contribution in [1.82, 2.24) is 5.32 Å². The summed E-state index contributed by atoms with van der Waals surface area (Å²) in [7, 11) is 0. The molecule has 0 radical (unpaired) electrons. The fourth-order valence-electron chi connectivity index (χ4n) is 1.96. The Hall–Kier alpha value is -0.870. The lowest BCUT2D eigenvalue weighted by molar-refractivity contribution is -0.126. The quantitative estimate of drug-likeness (QED) is 0.862. The van der Waals surface area contributed by atoms with Crippen molar-refractivity contribution in [1.29, 1.82) is 0 Å². The third-order valence-corrected chi connectivity index (χ3v) is 4.71. The van der Waals surface area contributed by atoms with Gasteiger partial charge in [0.25, 0.3) is 0 Å². The summed E-state index contributed by atoms with van der Waals surface area (Å²) in [5.41, 5.74) is 6.65. The summed E-state index contributed by atoms with van der Waals surface area (Å²) in [5, 5.41) is 2.95. The second-order valence-electron chi connectivity index (χ2n) is 5.19. The van der Waals surface area contributed by atoms with Gasteiger partial charge < -0.3 is 11.1 Å². The highest BCUT2D eigenvalue weighted by molar-refractivity contribution is 7.12. The van der Waals surface area contributed by atoms with Gasteiger partial charge in [-0.1, -0.05) is 0 Å². The second-order valence-corrected chi connectivity index (χ2v) is 6.53. The van der Waals surface area contributed by atoms with E-state index in [1.54, 1.807) is 11.3 Å². The minimum atomic E-state index is -0.693. The molecule has 0 aromatic carbocycles. The number of nitrogens with two attached hydrogens (primary N) is 1. The average molecular weight is 252 g/mol. The highest BCUT2D eigenvalue weighted by Crippen LogP contribution is 2.38. The summed E-state index contributed by atoms with van der Waals surface area (Å²) >= 11 is 1.74. The van der Waals surface area contributed by atoms with Gasteiger partial charge in [0.15, 0.2) is 0 Å². The van der Waals surface area contributed by atoms with Gasteiger partial charge in [-0.3, -0.25) is 4.79 Å². The molecule has 0 saturated heterocycles. The van der Waals surface area contributed by atoms with Gasteiger partial charge in [-0.15, -0.1) is 11.3 Å². The molecule has 1 amide bonds. The lowest BCUT2D eigenvalue weighted by Gasteiger charge is -2.22. The monoisotopic (exact) mass is 252 g/mol.